The average Bonchev–Trinajstić information content (AvgIpc) is 2.76. The van der Waals surface area contributed by atoms with Crippen LogP contribution in [-0.4, -0.2) is 46.5 Å². The van der Waals surface area contributed by atoms with E-state index >= 15 is 0 Å². The number of nitrogens with zero attached hydrogens (tertiary/aromatic N) is 2. The van der Waals surface area contributed by atoms with Gasteiger partial charge in [-0.3, -0.25) is 9.69 Å². The molecule has 4 rings (SSSR count). The van der Waals surface area contributed by atoms with E-state index in [0.717, 1.165) is 38.1 Å². The molecule has 24 heavy (non-hydrogen) atoms. The number of urea groups is 1. The zero-order chi connectivity index (χ0) is 16.6. The molecule has 2 aliphatic carbocycles. The van der Waals surface area contributed by atoms with Crippen molar-refractivity contribution in [3.63, 3.8) is 0 Å². The van der Waals surface area contributed by atoms with Gasteiger partial charge in [-0.1, -0.05) is 38.5 Å². The number of fused-ring (bicyclic) bond motifs is 1. The molecule has 0 aromatic carbocycles. The van der Waals surface area contributed by atoms with Crippen LogP contribution in [-0.2, 0) is 4.79 Å². The minimum absolute atomic E-state index is 0.0485. The van der Waals surface area contributed by atoms with Crippen molar-refractivity contribution in [1.82, 2.24) is 15.1 Å². The molecule has 1 spiro atoms. The molecule has 2 aliphatic heterocycles. The molecule has 0 bridgehead atoms. The third kappa shape index (κ3) is 2.85. The molecule has 0 radical (unpaired) electrons. The van der Waals surface area contributed by atoms with Gasteiger partial charge < -0.3 is 5.32 Å². The molecule has 3 amide bonds. The smallest absolute Gasteiger partial charge is 0.323 e. The monoisotopic (exact) mass is 333 g/mol. The van der Waals surface area contributed by atoms with E-state index in [9.17, 15) is 9.59 Å². The van der Waals surface area contributed by atoms with Gasteiger partial charge in [-0.15, -0.1) is 0 Å². The van der Waals surface area contributed by atoms with E-state index in [2.05, 4.69) is 10.2 Å². The number of rotatable bonds is 2. The zero-order valence-corrected chi connectivity index (χ0v) is 14.8. The van der Waals surface area contributed by atoms with Gasteiger partial charge in [0, 0.05) is 12.6 Å². The highest BCUT2D eigenvalue weighted by molar-refractivity contribution is 6.07. The first-order chi connectivity index (χ1) is 11.7. The number of hydrogen-bond donors (Lipinski definition) is 1. The number of imide groups is 1. The number of carbonyl (C=O) groups excluding carboxylic acids is 2. The van der Waals surface area contributed by atoms with Crippen LogP contribution in [0, 0.1) is 5.92 Å². The van der Waals surface area contributed by atoms with Crippen molar-refractivity contribution in [2.75, 3.05) is 13.2 Å². The van der Waals surface area contributed by atoms with Gasteiger partial charge in [-0.25, -0.2) is 9.69 Å². The van der Waals surface area contributed by atoms with Crippen LogP contribution in [0.1, 0.15) is 77.0 Å². The Hall–Kier alpha value is -1.10. The number of nitrogens with one attached hydrogen (secondary N) is 1. The Morgan fingerprint density at radius 2 is 1.62 bits per heavy atom. The molecule has 5 nitrogen and oxygen atoms in total. The fraction of sp³-hybridized carbons (Fsp3) is 0.895. The zero-order valence-electron chi connectivity index (χ0n) is 14.8. The second kappa shape index (κ2) is 6.66. The molecule has 1 N–H and O–H groups in total. The minimum atomic E-state index is -0.588. The molecule has 4 aliphatic rings. The van der Waals surface area contributed by atoms with Gasteiger partial charge in [0.15, 0.2) is 0 Å². The highest BCUT2D eigenvalue weighted by Crippen LogP contribution is 2.37. The van der Waals surface area contributed by atoms with Crippen LogP contribution in [0.5, 0.6) is 0 Å². The van der Waals surface area contributed by atoms with Crippen LogP contribution in [0.4, 0.5) is 4.79 Å². The first-order valence-corrected chi connectivity index (χ1v) is 10.1. The summed E-state index contributed by atoms with van der Waals surface area (Å²) in [6, 6.07) is 0.429. The maximum atomic E-state index is 13.1. The van der Waals surface area contributed by atoms with E-state index in [4.69, 9.17) is 0 Å². The predicted molar refractivity (Wildman–Crippen MR) is 92.4 cm³/mol. The van der Waals surface area contributed by atoms with Gasteiger partial charge in [-0.2, -0.15) is 0 Å². The molecule has 2 atom stereocenters. The van der Waals surface area contributed by atoms with Crippen LogP contribution in [0.25, 0.3) is 0 Å². The van der Waals surface area contributed by atoms with Gasteiger partial charge in [0.1, 0.15) is 5.54 Å². The molecule has 0 unspecified atom stereocenters. The van der Waals surface area contributed by atoms with Crippen molar-refractivity contribution in [3.05, 3.63) is 0 Å². The Morgan fingerprint density at radius 1 is 0.917 bits per heavy atom. The fourth-order valence-electron chi connectivity index (χ4n) is 5.56. The Kier molecular flexibility index (Phi) is 4.54. The summed E-state index contributed by atoms with van der Waals surface area (Å²) in [5, 5.41) is 3.08. The topological polar surface area (TPSA) is 52.7 Å². The van der Waals surface area contributed by atoms with Crippen molar-refractivity contribution in [2.24, 2.45) is 5.92 Å². The summed E-state index contributed by atoms with van der Waals surface area (Å²) in [6.45, 7) is 1.54. The molecule has 4 fully saturated rings. The van der Waals surface area contributed by atoms with Crippen LogP contribution in [0.2, 0.25) is 0 Å². The van der Waals surface area contributed by atoms with Crippen LogP contribution in [0.3, 0.4) is 0 Å². The molecule has 5 heteroatoms. The summed E-state index contributed by atoms with van der Waals surface area (Å²) in [4.78, 5) is 29.6. The van der Waals surface area contributed by atoms with E-state index in [1.54, 1.807) is 0 Å². The number of likely N-dealkylation sites (tertiary alicyclic amines) is 1. The van der Waals surface area contributed by atoms with Crippen molar-refractivity contribution >= 4 is 11.9 Å². The summed E-state index contributed by atoms with van der Waals surface area (Å²) in [6.07, 6.45) is 13.8. The SMILES string of the molecule is O=C1NC2(CCCCCC2)C(=O)N1CN1CCC[C@@H]2CCCC[C@@H]21. The summed E-state index contributed by atoms with van der Waals surface area (Å²) in [7, 11) is 0. The first kappa shape index (κ1) is 16.4. The highest BCUT2D eigenvalue weighted by Gasteiger charge is 2.51. The molecule has 0 aromatic heterocycles. The van der Waals surface area contributed by atoms with Gasteiger partial charge in [0.25, 0.3) is 5.91 Å². The molecule has 0 aromatic rings. The van der Waals surface area contributed by atoms with Crippen LogP contribution in [0.15, 0.2) is 0 Å². The van der Waals surface area contributed by atoms with Crippen LogP contribution >= 0.6 is 0 Å². The normalized spacial score (nSPS) is 34.1. The Bertz CT molecular complexity index is 497. The number of hydrogen-bond acceptors (Lipinski definition) is 3. The largest absolute Gasteiger partial charge is 0.326 e. The van der Waals surface area contributed by atoms with Crippen molar-refractivity contribution in [2.45, 2.75) is 88.6 Å². The summed E-state index contributed by atoms with van der Waals surface area (Å²) in [5.41, 5.74) is -0.588. The van der Waals surface area contributed by atoms with E-state index in [1.165, 1.54) is 56.3 Å². The lowest BCUT2D eigenvalue weighted by molar-refractivity contribution is -0.134. The van der Waals surface area contributed by atoms with E-state index in [1.807, 2.05) is 0 Å². The molecular formula is C19H31N3O2. The Balaban J connectivity index is 1.47. The van der Waals surface area contributed by atoms with E-state index in [0.29, 0.717) is 12.7 Å². The van der Waals surface area contributed by atoms with Crippen molar-refractivity contribution in [3.8, 4) is 0 Å². The molecular weight excluding hydrogens is 302 g/mol. The Morgan fingerprint density at radius 3 is 2.42 bits per heavy atom. The maximum Gasteiger partial charge on any atom is 0.326 e. The summed E-state index contributed by atoms with van der Waals surface area (Å²) < 4.78 is 0. The highest BCUT2D eigenvalue weighted by atomic mass is 16.2. The van der Waals surface area contributed by atoms with Crippen molar-refractivity contribution < 1.29 is 9.59 Å². The van der Waals surface area contributed by atoms with Gasteiger partial charge in [0.05, 0.1) is 6.67 Å². The van der Waals surface area contributed by atoms with Gasteiger partial charge in [0.2, 0.25) is 0 Å². The third-order valence-electron chi connectivity index (χ3n) is 6.88. The lowest BCUT2D eigenvalue weighted by Crippen LogP contribution is -2.53. The van der Waals surface area contributed by atoms with Crippen molar-refractivity contribution in [1.29, 1.82) is 0 Å². The molecule has 2 saturated carbocycles. The fourth-order valence-corrected chi connectivity index (χ4v) is 5.56. The summed E-state index contributed by atoms with van der Waals surface area (Å²) in [5.74, 6) is 0.826. The predicted octanol–water partition coefficient (Wildman–Crippen LogP) is 3.24. The van der Waals surface area contributed by atoms with E-state index in [-0.39, 0.29) is 11.9 Å². The second-order valence-electron chi connectivity index (χ2n) is 8.37. The lowest BCUT2D eigenvalue weighted by atomic mass is 9.78. The summed E-state index contributed by atoms with van der Waals surface area (Å²) >= 11 is 0. The Labute approximate surface area is 145 Å². The van der Waals surface area contributed by atoms with E-state index < -0.39 is 5.54 Å². The number of amides is 3. The molecule has 2 saturated heterocycles. The van der Waals surface area contributed by atoms with Crippen LogP contribution < -0.4 is 5.32 Å². The molecule has 2 heterocycles. The number of carbonyl (C=O) groups is 2. The van der Waals surface area contributed by atoms with Gasteiger partial charge in [-0.05, 0) is 44.4 Å². The number of piperidine rings is 1. The first-order valence-electron chi connectivity index (χ1n) is 10.1. The average molecular weight is 333 g/mol. The third-order valence-corrected chi connectivity index (χ3v) is 6.88. The maximum absolute atomic E-state index is 13.1. The lowest BCUT2D eigenvalue weighted by Gasteiger charge is -2.45. The quantitative estimate of drug-likeness (QED) is 0.789. The standard InChI is InChI=1S/C19H31N3O2/c23-17-19(11-5-1-2-6-12-19)20-18(24)22(17)14-21-13-7-9-15-8-3-4-10-16(15)21/h15-16H,1-14H2,(H,20,24)/t15-,16-/m0/s1. The second-order valence-corrected chi connectivity index (χ2v) is 8.37. The van der Waals surface area contributed by atoms with Gasteiger partial charge >= 0.3 is 6.03 Å². The molecule has 134 valence electrons. The minimum Gasteiger partial charge on any atom is -0.323 e.